The molecular formula is C22H35ClN2O. The number of halogens is 1. The van der Waals surface area contributed by atoms with Gasteiger partial charge in [0.1, 0.15) is 0 Å². The molecule has 0 saturated heterocycles. The van der Waals surface area contributed by atoms with Gasteiger partial charge in [0.15, 0.2) is 0 Å². The summed E-state index contributed by atoms with van der Waals surface area (Å²) in [6.07, 6.45) is 5.37. The van der Waals surface area contributed by atoms with Gasteiger partial charge < -0.3 is 10.6 Å². The second-order valence-electron chi connectivity index (χ2n) is 9.61. The summed E-state index contributed by atoms with van der Waals surface area (Å²) in [5.41, 5.74) is 1.23. The minimum absolute atomic E-state index is 0.0499. The standard InChI is InChI=1S/C22H35ClN2O/c1-21(2,3)14-20(26)24-15-16-6-8-17(9-7-16)22(4,5)25-19-12-10-18(23)11-13-19/h10-13,16-17,25H,6-9,14-15H2,1-5H3,(H,24,26). The number of carbonyl (C=O) groups is 1. The molecule has 2 N–H and O–H groups in total. The highest BCUT2D eigenvalue weighted by Gasteiger charge is 2.33. The highest BCUT2D eigenvalue weighted by atomic mass is 35.5. The van der Waals surface area contributed by atoms with Crippen molar-refractivity contribution in [1.82, 2.24) is 5.32 Å². The van der Waals surface area contributed by atoms with E-state index < -0.39 is 0 Å². The molecule has 3 nitrogen and oxygen atoms in total. The number of anilines is 1. The Morgan fingerprint density at radius 3 is 2.15 bits per heavy atom. The van der Waals surface area contributed by atoms with E-state index in [9.17, 15) is 4.79 Å². The second-order valence-corrected chi connectivity index (χ2v) is 10.0. The lowest BCUT2D eigenvalue weighted by atomic mass is 9.73. The van der Waals surface area contributed by atoms with Crippen molar-refractivity contribution in [1.29, 1.82) is 0 Å². The van der Waals surface area contributed by atoms with Gasteiger partial charge in [-0.15, -0.1) is 0 Å². The molecule has 0 bridgehead atoms. The van der Waals surface area contributed by atoms with E-state index in [1.165, 1.54) is 25.7 Å². The number of hydrogen-bond donors (Lipinski definition) is 2. The van der Waals surface area contributed by atoms with E-state index in [2.05, 4.69) is 45.3 Å². The fourth-order valence-corrected chi connectivity index (χ4v) is 4.02. The molecule has 2 rings (SSSR count). The number of rotatable bonds is 6. The quantitative estimate of drug-likeness (QED) is 0.647. The maximum atomic E-state index is 12.0. The van der Waals surface area contributed by atoms with Gasteiger partial charge in [0, 0.05) is 29.2 Å². The molecule has 1 amide bonds. The molecule has 0 spiro atoms. The maximum absolute atomic E-state index is 12.0. The van der Waals surface area contributed by atoms with Gasteiger partial charge in [-0.1, -0.05) is 32.4 Å². The van der Waals surface area contributed by atoms with Crippen LogP contribution in [0.3, 0.4) is 0 Å². The van der Waals surface area contributed by atoms with Crippen molar-refractivity contribution in [2.75, 3.05) is 11.9 Å². The number of nitrogens with one attached hydrogen (secondary N) is 2. The van der Waals surface area contributed by atoms with Crippen LogP contribution in [0.5, 0.6) is 0 Å². The van der Waals surface area contributed by atoms with Crippen molar-refractivity contribution in [3.63, 3.8) is 0 Å². The Morgan fingerprint density at radius 1 is 1.04 bits per heavy atom. The first-order valence-electron chi connectivity index (χ1n) is 9.86. The summed E-state index contributed by atoms with van der Waals surface area (Å²) in [5, 5.41) is 7.58. The minimum Gasteiger partial charge on any atom is -0.380 e. The zero-order valence-electron chi connectivity index (χ0n) is 17.0. The third-order valence-corrected chi connectivity index (χ3v) is 5.71. The first-order chi connectivity index (χ1) is 12.0. The molecule has 1 aromatic carbocycles. The monoisotopic (exact) mass is 378 g/mol. The minimum atomic E-state index is 0.0499. The van der Waals surface area contributed by atoms with E-state index in [1.807, 2.05) is 24.3 Å². The van der Waals surface area contributed by atoms with Crippen LogP contribution >= 0.6 is 11.6 Å². The average Bonchev–Trinajstić information content (AvgIpc) is 2.54. The van der Waals surface area contributed by atoms with Crippen LogP contribution in [0.2, 0.25) is 5.02 Å². The smallest absolute Gasteiger partial charge is 0.220 e. The molecule has 1 aliphatic rings. The lowest BCUT2D eigenvalue weighted by Gasteiger charge is -2.40. The Hall–Kier alpha value is -1.22. The summed E-state index contributed by atoms with van der Waals surface area (Å²) in [5.74, 6) is 1.44. The Balaban J connectivity index is 1.78. The van der Waals surface area contributed by atoms with Crippen LogP contribution in [0, 0.1) is 17.3 Å². The molecule has 1 fully saturated rings. The van der Waals surface area contributed by atoms with Crippen molar-refractivity contribution in [2.45, 2.75) is 72.3 Å². The fraction of sp³-hybridized carbons (Fsp3) is 0.682. The third-order valence-electron chi connectivity index (χ3n) is 5.46. The van der Waals surface area contributed by atoms with Crippen molar-refractivity contribution in [3.8, 4) is 0 Å². The van der Waals surface area contributed by atoms with E-state index in [1.54, 1.807) is 0 Å². The highest BCUT2D eigenvalue weighted by Crippen LogP contribution is 2.37. The molecule has 0 aliphatic heterocycles. The molecular weight excluding hydrogens is 344 g/mol. The van der Waals surface area contributed by atoms with E-state index in [0.29, 0.717) is 18.3 Å². The van der Waals surface area contributed by atoms with Crippen molar-refractivity contribution < 1.29 is 4.79 Å². The van der Waals surface area contributed by atoms with Crippen LogP contribution in [-0.4, -0.2) is 18.0 Å². The maximum Gasteiger partial charge on any atom is 0.220 e. The SMILES string of the molecule is CC(C)(C)CC(=O)NCC1CCC(C(C)(C)Nc2ccc(Cl)cc2)CC1. The fourth-order valence-electron chi connectivity index (χ4n) is 3.90. The van der Waals surface area contributed by atoms with Crippen molar-refractivity contribution in [2.24, 2.45) is 17.3 Å². The van der Waals surface area contributed by atoms with Crippen LogP contribution < -0.4 is 10.6 Å². The molecule has 26 heavy (non-hydrogen) atoms. The largest absolute Gasteiger partial charge is 0.380 e. The summed E-state index contributed by atoms with van der Waals surface area (Å²) in [4.78, 5) is 12.0. The normalized spacial score (nSPS) is 21.3. The summed E-state index contributed by atoms with van der Waals surface area (Å²) in [6.45, 7) is 11.7. The van der Waals surface area contributed by atoms with Gasteiger partial charge >= 0.3 is 0 Å². The number of amides is 1. The molecule has 0 heterocycles. The van der Waals surface area contributed by atoms with Crippen LogP contribution in [-0.2, 0) is 4.79 Å². The third kappa shape index (κ3) is 6.83. The molecule has 1 aliphatic carbocycles. The second kappa shape index (κ2) is 8.65. The highest BCUT2D eigenvalue weighted by molar-refractivity contribution is 6.30. The first kappa shape index (κ1) is 21.1. The van der Waals surface area contributed by atoms with Crippen molar-refractivity contribution >= 4 is 23.2 Å². The van der Waals surface area contributed by atoms with Gasteiger partial charge in [0.2, 0.25) is 5.91 Å². The average molecular weight is 379 g/mol. The number of hydrogen-bond acceptors (Lipinski definition) is 2. The Kier molecular flexibility index (Phi) is 7.01. The zero-order chi connectivity index (χ0) is 19.4. The number of carbonyl (C=O) groups excluding carboxylic acids is 1. The van der Waals surface area contributed by atoms with Crippen molar-refractivity contribution in [3.05, 3.63) is 29.3 Å². The molecule has 0 unspecified atom stereocenters. The van der Waals surface area contributed by atoms with E-state index in [-0.39, 0.29) is 16.9 Å². The zero-order valence-corrected chi connectivity index (χ0v) is 17.7. The molecule has 4 heteroatoms. The van der Waals surface area contributed by atoms with Crippen LogP contribution in [0.15, 0.2) is 24.3 Å². The number of benzene rings is 1. The van der Waals surface area contributed by atoms with Gasteiger partial charge in [-0.3, -0.25) is 4.79 Å². The summed E-state index contributed by atoms with van der Waals surface area (Å²) < 4.78 is 0. The Bertz CT molecular complexity index is 581. The van der Waals surface area contributed by atoms with Gasteiger partial charge in [-0.05, 0) is 81.0 Å². The Morgan fingerprint density at radius 2 is 1.62 bits per heavy atom. The van der Waals surface area contributed by atoms with Gasteiger partial charge in [0.25, 0.3) is 0 Å². The van der Waals surface area contributed by atoms with Gasteiger partial charge in [-0.2, -0.15) is 0 Å². The lowest BCUT2D eigenvalue weighted by molar-refractivity contribution is -0.123. The molecule has 1 saturated carbocycles. The predicted octanol–water partition coefficient (Wildman–Crippen LogP) is 5.89. The van der Waals surface area contributed by atoms with Crippen LogP contribution in [0.4, 0.5) is 5.69 Å². The first-order valence-corrected chi connectivity index (χ1v) is 10.2. The van der Waals surface area contributed by atoms with Gasteiger partial charge in [0.05, 0.1) is 0 Å². The molecule has 0 atom stereocenters. The lowest BCUT2D eigenvalue weighted by Crippen LogP contribution is -2.42. The predicted molar refractivity (Wildman–Crippen MR) is 112 cm³/mol. The van der Waals surface area contributed by atoms with E-state index in [0.717, 1.165) is 17.3 Å². The molecule has 0 aromatic heterocycles. The van der Waals surface area contributed by atoms with E-state index in [4.69, 9.17) is 11.6 Å². The topological polar surface area (TPSA) is 41.1 Å². The van der Waals surface area contributed by atoms with Gasteiger partial charge in [-0.25, -0.2) is 0 Å². The van der Waals surface area contributed by atoms with E-state index >= 15 is 0 Å². The Labute approximate surface area is 164 Å². The van der Waals surface area contributed by atoms with Crippen LogP contribution in [0.25, 0.3) is 0 Å². The summed E-state index contributed by atoms with van der Waals surface area (Å²) >= 11 is 5.98. The molecule has 0 radical (unpaired) electrons. The molecule has 146 valence electrons. The summed E-state index contributed by atoms with van der Waals surface area (Å²) in [6, 6.07) is 7.94. The summed E-state index contributed by atoms with van der Waals surface area (Å²) in [7, 11) is 0. The van der Waals surface area contributed by atoms with Crippen LogP contribution in [0.1, 0.15) is 66.7 Å². The molecule has 1 aromatic rings.